The molecule has 0 unspecified atom stereocenters. The van der Waals surface area contributed by atoms with Gasteiger partial charge in [-0.1, -0.05) is 24.3 Å². The van der Waals surface area contributed by atoms with E-state index in [0.29, 0.717) is 0 Å². The predicted molar refractivity (Wildman–Crippen MR) is 74.5 cm³/mol. The number of likely N-dealkylation sites (N-methyl/N-ethyl adjacent to an activating group) is 1. The molecule has 1 aromatic carbocycles. The Morgan fingerprint density at radius 1 is 1.00 bits per heavy atom. The van der Waals surface area contributed by atoms with Crippen LogP contribution in [0.4, 0.5) is 0 Å². The van der Waals surface area contributed by atoms with Crippen LogP contribution < -0.4 is 0 Å². The van der Waals surface area contributed by atoms with Crippen LogP contribution in [0, 0.1) is 0 Å². The van der Waals surface area contributed by atoms with Crippen LogP contribution in [-0.2, 0) is 17.9 Å². The second kappa shape index (κ2) is 6.88. The van der Waals surface area contributed by atoms with E-state index in [1.165, 1.54) is 37.3 Å². The highest BCUT2D eigenvalue weighted by Gasteiger charge is 2.13. The Morgan fingerprint density at radius 2 is 1.61 bits per heavy atom. The fraction of sp³-hybridized carbons (Fsp3) is 0.600. The summed E-state index contributed by atoms with van der Waals surface area (Å²) >= 11 is 0. The average Bonchev–Trinajstić information content (AvgIpc) is 2.41. The van der Waals surface area contributed by atoms with Crippen molar-refractivity contribution in [1.82, 2.24) is 9.80 Å². The zero-order valence-electron chi connectivity index (χ0n) is 11.6. The molecule has 3 nitrogen and oxygen atoms in total. The molecule has 0 bridgehead atoms. The molecule has 0 N–H and O–H groups in total. The van der Waals surface area contributed by atoms with Gasteiger partial charge in [0.05, 0.1) is 6.61 Å². The highest BCUT2D eigenvalue weighted by Crippen LogP contribution is 2.10. The van der Waals surface area contributed by atoms with Crippen LogP contribution in [0.5, 0.6) is 0 Å². The van der Waals surface area contributed by atoms with Gasteiger partial charge in [0.1, 0.15) is 0 Å². The summed E-state index contributed by atoms with van der Waals surface area (Å²) in [5, 5.41) is 0. The summed E-state index contributed by atoms with van der Waals surface area (Å²) in [5.74, 6) is 0. The number of hydrogen-bond acceptors (Lipinski definition) is 3. The average molecular weight is 248 g/mol. The van der Waals surface area contributed by atoms with Crippen molar-refractivity contribution in [2.45, 2.75) is 20.1 Å². The molecule has 1 saturated heterocycles. The number of rotatable bonds is 5. The van der Waals surface area contributed by atoms with E-state index in [4.69, 9.17) is 4.74 Å². The van der Waals surface area contributed by atoms with Gasteiger partial charge in [-0.05, 0) is 25.1 Å². The lowest BCUT2D eigenvalue weighted by Crippen LogP contribution is -2.43. The summed E-state index contributed by atoms with van der Waals surface area (Å²) < 4.78 is 5.41. The van der Waals surface area contributed by atoms with Crippen molar-refractivity contribution in [3.8, 4) is 0 Å². The molecule has 0 atom stereocenters. The summed E-state index contributed by atoms with van der Waals surface area (Å²) in [6, 6.07) is 8.82. The number of nitrogens with zero attached hydrogens (tertiary/aromatic N) is 2. The minimum Gasteiger partial charge on any atom is -0.377 e. The Hall–Kier alpha value is -0.900. The fourth-order valence-electron chi connectivity index (χ4n) is 2.22. The van der Waals surface area contributed by atoms with Crippen LogP contribution >= 0.6 is 0 Å². The monoisotopic (exact) mass is 248 g/mol. The van der Waals surface area contributed by atoms with E-state index in [9.17, 15) is 0 Å². The quantitative estimate of drug-likeness (QED) is 0.792. The van der Waals surface area contributed by atoms with E-state index in [2.05, 4.69) is 41.1 Å². The molecule has 2 rings (SSSR count). The van der Waals surface area contributed by atoms with Gasteiger partial charge in [-0.25, -0.2) is 0 Å². The number of hydrogen-bond donors (Lipinski definition) is 0. The molecular formula is C15H24N2O. The molecule has 18 heavy (non-hydrogen) atoms. The molecule has 100 valence electrons. The van der Waals surface area contributed by atoms with Crippen molar-refractivity contribution in [2.24, 2.45) is 0 Å². The standard InChI is InChI=1S/C15H24N2O/c1-3-18-13-15-6-4-14(5-7-15)12-17-10-8-16(2)9-11-17/h4-7H,3,8-13H2,1-2H3. The molecule has 0 amide bonds. The Morgan fingerprint density at radius 3 is 2.22 bits per heavy atom. The van der Waals surface area contributed by atoms with Crippen LogP contribution in [0.15, 0.2) is 24.3 Å². The third-order valence-corrected chi connectivity index (χ3v) is 3.50. The molecule has 0 saturated carbocycles. The van der Waals surface area contributed by atoms with Gasteiger partial charge < -0.3 is 9.64 Å². The molecule has 1 heterocycles. The molecule has 1 aliphatic heterocycles. The number of ether oxygens (including phenoxy) is 1. The third kappa shape index (κ3) is 4.09. The Kier molecular flexibility index (Phi) is 5.17. The van der Waals surface area contributed by atoms with Crippen molar-refractivity contribution in [1.29, 1.82) is 0 Å². The zero-order valence-corrected chi connectivity index (χ0v) is 11.6. The first-order chi connectivity index (χ1) is 8.78. The first-order valence-corrected chi connectivity index (χ1v) is 6.84. The van der Waals surface area contributed by atoms with Gasteiger partial charge in [0.2, 0.25) is 0 Å². The molecule has 1 aliphatic rings. The van der Waals surface area contributed by atoms with Crippen molar-refractivity contribution < 1.29 is 4.74 Å². The fourth-order valence-corrected chi connectivity index (χ4v) is 2.22. The maximum atomic E-state index is 5.41. The third-order valence-electron chi connectivity index (χ3n) is 3.50. The van der Waals surface area contributed by atoms with Crippen LogP contribution in [0.3, 0.4) is 0 Å². The lowest BCUT2D eigenvalue weighted by atomic mass is 10.1. The maximum absolute atomic E-state index is 5.41. The number of piperazine rings is 1. The summed E-state index contributed by atoms with van der Waals surface area (Å²) in [4.78, 5) is 4.92. The zero-order chi connectivity index (χ0) is 12.8. The molecule has 0 aliphatic carbocycles. The molecule has 0 spiro atoms. The van der Waals surface area contributed by atoms with Crippen molar-refractivity contribution in [3.05, 3.63) is 35.4 Å². The summed E-state index contributed by atoms with van der Waals surface area (Å²) in [7, 11) is 2.19. The Balaban J connectivity index is 1.82. The lowest BCUT2D eigenvalue weighted by molar-refractivity contribution is 0.134. The summed E-state index contributed by atoms with van der Waals surface area (Å²) in [6.45, 7) is 9.33. The minimum atomic E-state index is 0.727. The van der Waals surface area contributed by atoms with E-state index in [0.717, 1.165) is 19.8 Å². The van der Waals surface area contributed by atoms with Crippen molar-refractivity contribution in [2.75, 3.05) is 39.8 Å². The maximum Gasteiger partial charge on any atom is 0.0716 e. The molecule has 3 heteroatoms. The first kappa shape index (κ1) is 13.5. The van der Waals surface area contributed by atoms with Crippen molar-refractivity contribution >= 4 is 0 Å². The van der Waals surface area contributed by atoms with Gasteiger partial charge >= 0.3 is 0 Å². The Labute approximate surface area is 110 Å². The van der Waals surface area contributed by atoms with E-state index in [1.54, 1.807) is 0 Å². The van der Waals surface area contributed by atoms with E-state index < -0.39 is 0 Å². The number of benzene rings is 1. The summed E-state index contributed by atoms with van der Waals surface area (Å²) in [6.07, 6.45) is 0. The highest BCUT2D eigenvalue weighted by atomic mass is 16.5. The SMILES string of the molecule is CCOCc1ccc(CN2CCN(C)CC2)cc1. The molecule has 0 radical (unpaired) electrons. The molecule has 0 aromatic heterocycles. The predicted octanol–water partition coefficient (Wildman–Crippen LogP) is 1.97. The molecule has 1 aromatic rings. The van der Waals surface area contributed by atoms with Crippen molar-refractivity contribution in [3.63, 3.8) is 0 Å². The van der Waals surface area contributed by atoms with Crippen LogP contribution in [0.1, 0.15) is 18.1 Å². The topological polar surface area (TPSA) is 15.7 Å². The van der Waals surface area contributed by atoms with E-state index >= 15 is 0 Å². The van der Waals surface area contributed by atoms with Gasteiger partial charge in [0.15, 0.2) is 0 Å². The molecular weight excluding hydrogens is 224 g/mol. The van der Waals surface area contributed by atoms with Gasteiger partial charge in [-0.3, -0.25) is 4.90 Å². The smallest absolute Gasteiger partial charge is 0.0716 e. The highest BCUT2D eigenvalue weighted by molar-refractivity contribution is 5.22. The minimum absolute atomic E-state index is 0.727. The van der Waals surface area contributed by atoms with Gasteiger partial charge in [-0.15, -0.1) is 0 Å². The first-order valence-electron chi connectivity index (χ1n) is 6.84. The van der Waals surface area contributed by atoms with Gasteiger partial charge in [-0.2, -0.15) is 0 Å². The van der Waals surface area contributed by atoms with Gasteiger partial charge in [0.25, 0.3) is 0 Å². The van der Waals surface area contributed by atoms with Crippen LogP contribution in [0.25, 0.3) is 0 Å². The van der Waals surface area contributed by atoms with Crippen LogP contribution in [-0.4, -0.2) is 49.6 Å². The largest absolute Gasteiger partial charge is 0.377 e. The Bertz CT molecular complexity index is 342. The molecule has 1 fully saturated rings. The van der Waals surface area contributed by atoms with Gasteiger partial charge in [0, 0.05) is 39.3 Å². The second-order valence-electron chi connectivity index (χ2n) is 5.03. The van der Waals surface area contributed by atoms with E-state index in [1.807, 2.05) is 6.92 Å². The van der Waals surface area contributed by atoms with E-state index in [-0.39, 0.29) is 0 Å². The normalized spacial score (nSPS) is 18.1. The lowest BCUT2D eigenvalue weighted by Gasteiger charge is -2.32. The van der Waals surface area contributed by atoms with Crippen LogP contribution in [0.2, 0.25) is 0 Å². The summed E-state index contributed by atoms with van der Waals surface area (Å²) in [5.41, 5.74) is 2.67. The second-order valence-corrected chi connectivity index (χ2v) is 5.03.